The standard InChI is InChI=1S/C24H22O5/c1-15-9-19(25)5-7-21(15)17-4-2-3-16(10-17)13-28-20-6-8-22-18(11-24(26)27)14-29-23(22)12-20/h2-10,12,18,25H,11,13-14H2,1H3,(H,26,27)/p-1. The maximum Gasteiger partial charge on any atom is 0.126 e. The van der Waals surface area contributed by atoms with Crippen LogP contribution < -0.4 is 14.6 Å². The van der Waals surface area contributed by atoms with Gasteiger partial charge in [0.1, 0.15) is 23.9 Å². The third-order valence-electron chi connectivity index (χ3n) is 5.13. The van der Waals surface area contributed by atoms with Crippen molar-refractivity contribution in [3.05, 3.63) is 77.4 Å². The Kier molecular flexibility index (Phi) is 5.12. The van der Waals surface area contributed by atoms with Crippen molar-refractivity contribution in [2.24, 2.45) is 0 Å². The zero-order valence-electron chi connectivity index (χ0n) is 16.1. The Hall–Kier alpha value is -3.47. The van der Waals surface area contributed by atoms with Crippen LogP contribution in [0.1, 0.15) is 29.0 Å². The highest BCUT2D eigenvalue weighted by atomic mass is 16.5. The van der Waals surface area contributed by atoms with Gasteiger partial charge in [-0.05, 0) is 59.9 Å². The molecule has 1 aliphatic heterocycles. The predicted octanol–water partition coefficient (Wildman–Crippen LogP) is 3.56. The summed E-state index contributed by atoms with van der Waals surface area (Å²) in [4.78, 5) is 10.9. The Balaban J connectivity index is 1.47. The highest BCUT2D eigenvalue weighted by Gasteiger charge is 2.24. The summed E-state index contributed by atoms with van der Waals surface area (Å²) in [5.41, 5.74) is 5.03. The number of carboxylic acids is 1. The van der Waals surface area contributed by atoms with Crippen LogP contribution >= 0.6 is 0 Å². The molecule has 5 nitrogen and oxygen atoms in total. The van der Waals surface area contributed by atoms with E-state index in [2.05, 4.69) is 6.07 Å². The summed E-state index contributed by atoms with van der Waals surface area (Å²) in [7, 11) is 0. The van der Waals surface area contributed by atoms with Crippen molar-refractivity contribution in [2.75, 3.05) is 6.61 Å². The second-order valence-electron chi connectivity index (χ2n) is 7.27. The maximum absolute atomic E-state index is 10.9. The molecule has 1 N–H and O–H groups in total. The minimum Gasteiger partial charge on any atom is -0.550 e. The first-order valence-electron chi connectivity index (χ1n) is 9.48. The number of phenolic OH excluding ortho intramolecular Hbond substituents is 1. The van der Waals surface area contributed by atoms with Gasteiger partial charge in [0.05, 0.1) is 6.61 Å². The van der Waals surface area contributed by atoms with Gasteiger partial charge in [0, 0.05) is 23.5 Å². The van der Waals surface area contributed by atoms with E-state index in [1.54, 1.807) is 18.2 Å². The number of fused-ring (bicyclic) bond motifs is 1. The minimum absolute atomic E-state index is 0.0450. The molecule has 0 saturated heterocycles. The number of ether oxygens (including phenoxy) is 2. The Morgan fingerprint density at radius 3 is 2.83 bits per heavy atom. The van der Waals surface area contributed by atoms with Gasteiger partial charge in [-0.2, -0.15) is 0 Å². The van der Waals surface area contributed by atoms with E-state index in [0.717, 1.165) is 27.8 Å². The average molecular weight is 389 g/mol. The number of hydrogen-bond donors (Lipinski definition) is 1. The van der Waals surface area contributed by atoms with Crippen LogP contribution in [0.2, 0.25) is 0 Å². The van der Waals surface area contributed by atoms with Crippen LogP contribution in [0, 0.1) is 6.92 Å². The molecule has 1 heterocycles. The molecule has 1 unspecified atom stereocenters. The average Bonchev–Trinajstić information content (AvgIpc) is 3.08. The van der Waals surface area contributed by atoms with E-state index in [1.165, 1.54) is 0 Å². The SMILES string of the molecule is Cc1cc(O)ccc1-c1cccc(COc2ccc3c(c2)OCC3CC(=O)[O-])c1. The Bertz CT molecular complexity index is 1060. The van der Waals surface area contributed by atoms with Crippen molar-refractivity contribution in [3.63, 3.8) is 0 Å². The molecule has 0 spiro atoms. The molecule has 148 valence electrons. The lowest BCUT2D eigenvalue weighted by molar-refractivity contribution is -0.306. The Morgan fingerprint density at radius 1 is 1.17 bits per heavy atom. The van der Waals surface area contributed by atoms with Gasteiger partial charge in [0.15, 0.2) is 0 Å². The van der Waals surface area contributed by atoms with Crippen LogP contribution in [-0.4, -0.2) is 17.7 Å². The quantitative estimate of drug-likeness (QED) is 0.697. The first kappa shape index (κ1) is 18.9. The van der Waals surface area contributed by atoms with E-state index in [1.807, 2.05) is 43.3 Å². The molecule has 0 radical (unpaired) electrons. The largest absolute Gasteiger partial charge is 0.550 e. The van der Waals surface area contributed by atoms with Crippen LogP contribution in [0.25, 0.3) is 11.1 Å². The molecule has 3 aromatic rings. The highest BCUT2D eigenvalue weighted by molar-refractivity contribution is 5.69. The molecule has 0 fully saturated rings. The lowest BCUT2D eigenvalue weighted by atomic mass is 9.98. The molecule has 1 aliphatic rings. The number of aliphatic carboxylic acids is 1. The molecule has 3 aromatic carbocycles. The lowest BCUT2D eigenvalue weighted by Crippen LogP contribution is -2.24. The van der Waals surface area contributed by atoms with Crippen LogP contribution in [-0.2, 0) is 11.4 Å². The number of phenols is 1. The number of carbonyl (C=O) groups is 1. The topological polar surface area (TPSA) is 78.8 Å². The van der Waals surface area contributed by atoms with E-state index in [0.29, 0.717) is 24.7 Å². The van der Waals surface area contributed by atoms with E-state index in [9.17, 15) is 15.0 Å². The molecule has 29 heavy (non-hydrogen) atoms. The van der Waals surface area contributed by atoms with Crippen LogP contribution in [0.4, 0.5) is 0 Å². The molecular formula is C24H21O5-. The minimum atomic E-state index is -1.07. The molecule has 0 bridgehead atoms. The Morgan fingerprint density at radius 2 is 2.03 bits per heavy atom. The highest BCUT2D eigenvalue weighted by Crippen LogP contribution is 2.38. The van der Waals surface area contributed by atoms with E-state index in [4.69, 9.17) is 9.47 Å². The second-order valence-corrected chi connectivity index (χ2v) is 7.27. The third-order valence-corrected chi connectivity index (χ3v) is 5.13. The molecule has 1 atom stereocenters. The predicted molar refractivity (Wildman–Crippen MR) is 107 cm³/mol. The smallest absolute Gasteiger partial charge is 0.126 e. The monoisotopic (exact) mass is 389 g/mol. The van der Waals surface area contributed by atoms with Gasteiger partial charge in [-0.3, -0.25) is 0 Å². The van der Waals surface area contributed by atoms with Crippen molar-refractivity contribution in [1.82, 2.24) is 0 Å². The molecule has 4 rings (SSSR count). The van der Waals surface area contributed by atoms with E-state index >= 15 is 0 Å². The molecule has 0 aliphatic carbocycles. The molecule has 0 saturated carbocycles. The van der Waals surface area contributed by atoms with Crippen molar-refractivity contribution in [2.45, 2.75) is 25.9 Å². The van der Waals surface area contributed by atoms with Gasteiger partial charge in [0.25, 0.3) is 0 Å². The number of carboxylic acid groups (broad SMARTS) is 1. The first-order chi connectivity index (χ1) is 14.0. The molecular weight excluding hydrogens is 368 g/mol. The number of aromatic hydroxyl groups is 1. The molecule has 5 heteroatoms. The van der Waals surface area contributed by atoms with Gasteiger partial charge in [-0.15, -0.1) is 0 Å². The van der Waals surface area contributed by atoms with Gasteiger partial charge >= 0.3 is 0 Å². The molecule has 0 amide bonds. The summed E-state index contributed by atoms with van der Waals surface area (Å²) in [5, 5.41) is 20.5. The van der Waals surface area contributed by atoms with Gasteiger partial charge in [0.2, 0.25) is 0 Å². The lowest BCUT2D eigenvalue weighted by Gasteiger charge is -2.11. The van der Waals surface area contributed by atoms with Gasteiger partial charge in [-0.1, -0.05) is 30.3 Å². The fourth-order valence-electron chi connectivity index (χ4n) is 3.68. The van der Waals surface area contributed by atoms with Crippen molar-refractivity contribution in [1.29, 1.82) is 0 Å². The van der Waals surface area contributed by atoms with Crippen molar-refractivity contribution < 1.29 is 24.5 Å². The summed E-state index contributed by atoms with van der Waals surface area (Å²) in [6.45, 7) is 2.71. The van der Waals surface area contributed by atoms with Crippen molar-refractivity contribution >= 4 is 5.97 Å². The number of carbonyl (C=O) groups excluding carboxylic acids is 1. The second kappa shape index (κ2) is 7.87. The normalized spacial score (nSPS) is 14.9. The van der Waals surface area contributed by atoms with Crippen molar-refractivity contribution in [3.8, 4) is 28.4 Å². The number of hydrogen-bond acceptors (Lipinski definition) is 5. The van der Waals surface area contributed by atoms with Gasteiger partial charge in [-0.25, -0.2) is 0 Å². The van der Waals surface area contributed by atoms with Crippen LogP contribution in [0.5, 0.6) is 17.2 Å². The number of aryl methyl sites for hydroxylation is 1. The van der Waals surface area contributed by atoms with Gasteiger partial charge < -0.3 is 24.5 Å². The maximum atomic E-state index is 10.9. The van der Waals surface area contributed by atoms with E-state index in [-0.39, 0.29) is 18.1 Å². The first-order valence-corrected chi connectivity index (χ1v) is 9.48. The molecule has 0 aromatic heterocycles. The zero-order valence-corrected chi connectivity index (χ0v) is 16.1. The number of rotatable bonds is 6. The van der Waals surface area contributed by atoms with Crippen LogP contribution in [0.15, 0.2) is 60.7 Å². The number of benzene rings is 3. The summed E-state index contributed by atoms with van der Waals surface area (Å²) >= 11 is 0. The summed E-state index contributed by atoms with van der Waals surface area (Å²) < 4.78 is 11.5. The Labute approximate surface area is 169 Å². The fourth-order valence-corrected chi connectivity index (χ4v) is 3.68. The zero-order chi connectivity index (χ0) is 20.4. The third kappa shape index (κ3) is 4.19. The van der Waals surface area contributed by atoms with Crippen LogP contribution in [0.3, 0.4) is 0 Å². The summed E-state index contributed by atoms with van der Waals surface area (Å²) in [5.74, 6) is 0.350. The summed E-state index contributed by atoms with van der Waals surface area (Å²) in [6.07, 6.45) is -0.0450. The fraction of sp³-hybridized carbons (Fsp3) is 0.208. The summed E-state index contributed by atoms with van der Waals surface area (Å²) in [6, 6.07) is 18.9. The van der Waals surface area contributed by atoms with E-state index < -0.39 is 5.97 Å².